The van der Waals surface area contributed by atoms with E-state index in [1.165, 1.54) is 4.90 Å². The van der Waals surface area contributed by atoms with Gasteiger partial charge in [0.2, 0.25) is 17.7 Å². The van der Waals surface area contributed by atoms with E-state index in [-0.39, 0.29) is 49.6 Å². The molecular weight excluding hydrogens is 280 g/mol. The first kappa shape index (κ1) is 14.8. The molecule has 2 fully saturated rings. The molecule has 3 amide bonds. The summed E-state index contributed by atoms with van der Waals surface area (Å²) in [4.78, 5) is 38.8. The quantitative estimate of drug-likeness (QED) is 0.798. The van der Waals surface area contributed by atoms with E-state index in [0.717, 1.165) is 24.9 Å². The highest BCUT2D eigenvalue weighted by molar-refractivity contribution is 6.02. The van der Waals surface area contributed by atoms with E-state index in [1.54, 1.807) is 0 Å². The van der Waals surface area contributed by atoms with Crippen molar-refractivity contribution in [3.63, 3.8) is 0 Å². The van der Waals surface area contributed by atoms with Crippen molar-refractivity contribution in [3.8, 4) is 0 Å². The molecule has 1 unspecified atom stereocenters. The van der Waals surface area contributed by atoms with Crippen LogP contribution >= 0.6 is 0 Å². The normalized spacial score (nSPS) is 21.7. The molecule has 1 atom stereocenters. The van der Waals surface area contributed by atoms with Gasteiger partial charge in [0.1, 0.15) is 0 Å². The minimum Gasteiger partial charge on any atom is -0.336 e. The molecule has 5 nitrogen and oxygen atoms in total. The molecule has 0 saturated carbocycles. The second-order valence-electron chi connectivity index (χ2n) is 5.84. The standard InChI is InChI=1S/C17H20N2O3/c20-15-8-9-16(21)19(15)12-10-17(22)18-11-4-7-14(18)13-5-2-1-3-6-13/h1-3,5-6,14H,4,7-12H2. The molecule has 0 radical (unpaired) electrons. The van der Waals surface area contributed by atoms with Gasteiger partial charge in [-0.25, -0.2) is 0 Å². The van der Waals surface area contributed by atoms with Gasteiger partial charge in [-0.3, -0.25) is 19.3 Å². The molecule has 1 aromatic carbocycles. The van der Waals surface area contributed by atoms with Crippen LogP contribution in [0.1, 0.15) is 43.7 Å². The molecule has 3 rings (SSSR count). The van der Waals surface area contributed by atoms with Gasteiger partial charge in [0, 0.05) is 32.4 Å². The van der Waals surface area contributed by atoms with Gasteiger partial charge in [-0.05, 0) is 18.4 Å². The summed E-state index contributed by atoms with van der Waals surface area (Å²) in [5, 5.41) is 0. The third kappa shape index (κ3) is 2.89. The van der Waals surface area contributed by atoms with Crippen LogP contribution in [0.4, 0.5) is 0 Å². The van der Waals surface area contributed by atoms with Crippen LogP contribution in [0.5, 0.6) is 0 Å². The van der Waals surface area contributed by atoms with Crippen molar-refractivity contribution in [1.82, 2.24) is 9.80 Å². The number of carbonyl (C=O) groups excluding carboxylic acids is 3. The zero-order chi connectivity index (χ0) is 15.5. The Morgan fingerprint density at radius 1 is 1.09 bits per heavy atom. The lowest BCUT2D eigenvalue weighted by Crippen LogP contribution is -2.36. The second kappa shape index (κ2) is 6.30. The summed E-state index contributed by atoms with van der Waals surface area (Å²) in [5.74, 6) is -0.281. The van der Waals surface area contributed by atoms with Crippen molar-refractivity contribution >= 4 is 17.7 Å². The number of rotatable bonds is 4. The molecule has 0 N–H and O–H groups in total. The molecule has 2 aliphatic rings. The first-order chi connectivity index (χ1) is 10.7. The van der Waals surface area contributed by atoms with Gasteiger partial charge in [-0.15, -0.1) is 0 Å². The number of amides is 3. The molecular formula is C17H20N2O3. The number of nitrogens with zero attached hydrogens (tertiary/aromatic N) is 2. The molecule has 2 heterocycles. The second-order valence-corrected chi connectivity index (χ2v) is 5.84. The Labute approximate surface area is 129 Å². The number of likely N-dealkylation sites (tertiary alicyclic amines) is 2. The summed E-state index contributed by atoms with van der Waals surface area (Å²) in [7, 11) is 0. The van der Waals surface area contributed by atoms with Crippen LogP contribution in [-0.4, -0.2) is 40.6 Å². The molecule has 0 bridgehead atoms. The van der Waals surface area contributed by atoms with Crippen molar-refractivity contribution in [2.24, 2.45) is 0 Å². The topological polar surface area (TPSA) is 57.7 Å². The van der Waals surface area contributed by atoms with Gasteiger partial charge < -0.3 is 4.90 Å². The van der Waals surface area contributed by atoms with Crippen molar-refractivity contribution in [2.45, 2.75) is 38.1 Å². The molecule has 22 heavy (non-hydrogen) atoms. The largest absolute Gasteiger partial charge is 0.336 e. The average Bonchev–Trinajstić information content (AvgIpc) is 3.14. The van der Waals surface area contributed by atoms with Crippen molar-refractivity contribution in [2.75, 3.05) is 13.1 Å². The lowest BCUT2D eigenvalue weighted by Gasteiger charge is -2.26. The number of imide groups is 1. The van der Waals surface area contributed by atoms with Crippen LogP contribution in [0.25, 0.3) is 0 Å². The molecule has 1 aromatic rings. The Morgan fingerprint density at radius 2 is 1.77 bits per heavy atom. The summed E-state index contributed by atoms with van der Waals surface area (Å²) in [6.07, 6.45) is 2.75. The van der Waals surface area contributed by atoms with E-state index in [9.17, 15) is 14.4 Å². The van der Waals surface area contributed by atoms with Crippen LogP contribution in [-0.2, 0) is 14.4 Å². The van der Waals surface area contributed by atoms with Gasteiger partial charge in [0.15, 0.2) is 0 Å². The van der Waals surface area contributed by atoms with Crippen LogP contribution < -0.4 is 0 Å². The van der Waals surface area contributed by atoms with Gasteiger partial charge in [0.25, 0.3) is 0 Å². The van der Waals surface area contributed by atoms with Gasteiger partial charge in [0.05, 0.1) is 6.04 Å². The number of hydrogen-bond donors (Lipinski definition) is 0. The van der Waals surface area contributed by atoms with Crippen LogP contribution in [0.2, 0.25) is 0 Å². The number of carbonyl (C=O) groups is 3. The maximum Gasteiger partial charge on any atom is 0.229 e. The first-order valence-corrected chi connectivity index (χ1v) is 7.84. The zero-order valence-electron chi connectivity index (χ0n) is 12.5. The fraction of sp³-hybridized carbons (Fsp3) is 0.471. The summed E-state index contributed by atoms with van der Waals surface area (Å²) >= 11 is 0. The molecule has 2 aliphatic heterocycles. The summed E-state index contributed by atoms with van der Waals surface area (Å²) in [6, 6.07) is 10.2. The van der Waals surface area contributed by atoms with Crippen LogP contribution in [0.15, 0.2) is 30.3 Å². The summed E-state index contributed by atoms with van der Waals surface area (Å²) in [6.45, 7) is 0.967. The molecule has 0 aliphatic carbocycles. The fourth-order valence-corrected chi connectivity index (χ4v) is 3.31. The van der Waals surface area contributed by atoms with Crippen molar-refractivity contribution in [1.29, 1.82) is 0 Å². The van der Waals surface area contributed by atoms with E-state index in [2.05, 4.69) is 0 Å². The Bertz CT molecular complexity index is 569. The monoisotopic (exact) mass is 300 g/mol. The highest BCUT2D eigenvalue weighted by Gasteiger charge is 2.32. The lowest BCUT2D eigenvalue weighted by molar-refractivity contribution is -0.139. The number of benzene rings is 1. The van der Waals surface area contributed by atoms with E-state index in [4.69, 9.17) is 0 Å². The van der Waals surface area contributed by atoms with E-state index < -0.39 is 0 Å². The maximum absolute atomic E-state index is 12.5. The van der Waals surface area contributed by atoms with Gasteiger partial charge in [-0.1, -0.05) is 30.3 Å². The average molecular weight is 300 g/mol. The Morgan fingerprint density at radius 3 is 2.45 bits per heavy atom. The van der Waals surface area contributed by atoms with E-state index in [0.29, 0.717) is 0 Å². The molecule has 5 heteroatoms. The lowest BCUT2D eigenvalue weighted by atomic mass is 10.0. The Hall–Kier alpha value is -2.17. The minimum absolute atomic E-state index is 0.0267. The molecule has 2 saturated heterocycles. The maximum atomic E-state index is 12.5. The predicted octanol–water partition coefficient (Wildman–Crippen LogP) is 1.89. The predicted molar refractivity (Wildman–Crippen MR) is 80.7 cm³/mol. The summed E-state index contributed by atoms with van der Waals surface area (Å²) in [5.41, 5.74) is 1.15. The van der Waals surface area contributed by atoms with Crippen LogP contribution in [0.3, 0.4) is 0 Å². The third-order valence-corrected chi connectivity index (χ3v) is 4.46. The zero-order valence-corrected chi connectivity index (χ0v) is 12.5. The molecule has 0 spiro atoms. The van der Waals surface area contributed by atoms with Crippen molar-refractivity contribution < 1.29 is 14.4 Å². The van der Waals surface area contributed by atoms with E-state index in [1.807, 2.05) is 35.2 Å². The smallest absolute Gasteiger partial charge is 0.229 e. The molecule has 0 aromatic heterocycles. The Kier molecular flexibility index (Phi) is 4.22. The SMILES string of the molecule is O=C1CCC(=O)N1CCC(=O)N1CCCC1c1ccccc1. The fourth-order valence-electron chi connectivity index (χ4n) is 3.31. The first-order valence-electron chi connectivity index (χ1n) is 7.84. The van der Waals surface area contributed by atoms with Gasteiger partial charge >= 0.3 is 0 Å². The van der Waals surface area contributed by atoms with Crippen molar-refractivity contribution in [3.05, 3.63) is 35.9 Å². The highest BCUT2D eigenvalue weighted by Crippen LogP contribution is 2.32. The highest BCUT2D eigenvalue weighted by atomic mass is 16.2. The minimum atomic E-state index is -0.154. The number of hydrogen-bond acceptors (Lipinski definition) is 3. The third-order valence-electron chi connectivity index (χ3n) is 4.46. The molecule has 116 valence electrons. The van der Waals surface area contributed by atoms with E-state index >= 15 is 0 Å². The van der Waals surface area contributed by atoms with Crippen LogP contribution in [0, 0.1) is 0 Å². The van der Waals surface area contributed by atoms with Gasteiger partial charge in [-0.2, -0.15) is 0 Å². The Balaban J connectivity index is 1.62. The summed E-state index contributed by atoms with van der Waals surface area (Å²) < 4.78 is 0.